The highest BCUT2D eigenvalue weighted by Crippen LogP contribution is 2.37. The summed E-state index contributed by atoms with van der Waals surface area (Å²) < 4.78 is 15.8. The van der Waals surface area contributed by atoms with E-state index < -0.39 is 25.4 Å². The first-order valence-corrected chi connectivity index (χ1v) is 21.5. The number of nitrogens with one attached hydrogen (secondary N) is 1. The van der Waals surface area contributed by atoms with E-state index in [1.165, 1.54) is 86.2 Å². The molecule has 0 saturated heterocycles. The molecule has 0 aliphatic carbocycles. The summed E-state index contributed by atoms with van der Waals surface area (Å²) in [7, 11) is -4.71. The van der Waals surface area contributed by atoms with E-state index in [1.54, 1.807) is 26.0 Å². The number of phosphoric acid groups is 1. The summed E-state index contributed by atoms with van der Waals surface area (Å²) in [6.45, 7) is 6.17. The molecule has 0 fully saturated rings. The second-order valence-electron chi connectivity index (χ2n) is 13.9. The number of carboxylic acids is 1. The number of carboxylic acid groups (broad SMARTS) is 1. The predicted octanol–water partition coefficient (Wildman–Crippen LogP) is 8.97. The number of aliphatic carboxylic acids is 1. The van der Waals surface area contributed by atoms with Crippen molar-refractivity contribution < 1.29 is 38.4 Å². The van der Waals surface area contributed by atoms with Crippen molar-refractivity contribution in [1.29, 1.82) is 0 Å². The van der Waals surface area contributed by atoms with E-state index in [1.807, 2.05) is 30.3 Å². The largest absolute Gasteiger partial charge is 0.524 e. The molecule has 0 aliphatic rings. The minimum atomic E-state index is -4.71. The van der Waals surface area contributed by atoms with E-state index in [9.17, 15) is 24.1 Å². The van der Waals surface area contributed by atoms with Crippen molar-refractivity contribution in [3.8, 4) is 5.75 Å². The van der Waals surface area contributed by atoms with E-state index in [4.69, 9.17) is 9.79 Å². The first-order chi connectivity index (χ1) is 25.5. The molecule has 12 heteroatoms. The van der Waals surface area contributed by atoms with Gasteiger partial charge < -0.3 is 14.5 Å². The maximum Gasteiger partial charge on any atom is 0.524 e. The Labute approximate surface area is 318 Å². The van der Waals surface area contributed by atoms with Crippen LogP contribution in [0.25, 0.3) is 0 Å². The second kappa shape index (κ2) is 25.7. The van der Waals surface area contributed by atoms with E-state index in [0.29, 0.717) is 24.9 Å². The standard InChI is InChI=1S/C41H66N3O8P/c1-4-7-8-9-10-11-12-13-14-15-16-17-18-22-33-42-44(39(46)32-29-36-27-30-37(31-28-36)52-53(49,50)51)41(6-3,40(47)48)43(38(45)5-2)34-23-26-35-24-20-19-21-25-35/h19-21,24-25,27-28,30-31,42H,4-18,22-23,26,29,32-34H2,1-3H3,(H,47,48)(H2,49,50,51). The fraction of sp³-hybridized carbons (Fsp3) is 0.634. The number of hydrogen-bond acceptors (Lipinski definition) is 6. The molecule has 2 aromatic rings. The molecule has 1 unspecified atom stereocenters. The summed E-state index contributed by atoms with van der Waals surface area (Å²) >= 11 is 0. The molecule has 0 aliphatic heterocycles. The van der Waals surface area contributed by atoms with E-state index in [2.05, 4.69) is 16.9 Å². The molecule has 2 rings (SSSR count). The third-order valence-corrected chi connectivity index (χ3v) is 10.2. The normalized spacial score (nSPS) is 12.6. The van der Waals surface area contributed by atoms with Crippen molar-refractivity contribution in [2.45, 2.75) is 155 Å². The monoisotopic (exact) mass is 759 g/mol. The lowest BCUT2D eigenvalue weighted by Crippen LogP contribution is -2.71. The number of nitrogens with zero attached hydrogens (tertiary/aromatic N) is 2. The average Bonchev–Trinajstić information content (AvgIpc) is 3.14. The molecule has 4 N–H and O–H groups in total. The van der Waals surface area contributed by atoms with Crippen LogP contribution in [0, 0.1) is 0 Å². The number of aryl methyl sites for hydroxylation is 2. The summed E-state index contributed by atoms with van der Waals surface area (Å²) in [5, 5.41) is 12.1. The van der Waals surface area contributed by atoms with Crippen molar-refractivity contribution in [3.05, 3.63) is 65.7 Å². The van der Waals surface area contributed by atoms with E-state index >= 15 is 0 Å². The van der Waals surface area contributed by atoms with Gasteiger partial charge in [-0.1, -0.05) is 147 Å². The number of rotatable bonds is 30. The van der Waals surface area contributed by atoms with Gasteiger partial charge in [0, 0.05) is 25.9 Å². The molecule has 53 heavy (non-hydrogen) atoms. The number of hydrogen-bond donors (Lipinski definition) is 4. The molecular formula is C41H66N3O8P. The van der Waals surface area contributed by atoms with Crippen LogP contribution in [-0.2, 0) is 31.8 Å². The molecule has 0 spiro atoms. The van der Waals surface area contributed by atoms with Crippen LogP contribution >= 0.6 is 7.82 Å². The molecule has 0 radical (unpaired) electrons. The Morgan fingerprint density at radius 3 is 1.72 bits per heavy atom. The summed E-state index contributed by atoms with van der Waals surface area (Å²) in [6.07, 6.45) is 18.4. The Hall–Kier alpha value is -3.24. The van der Waals surface area contributed by atoms with Gasteiger partial charge in [0.25, 0.3) is 0 Å². The number of unbranched alkanes of at least 4 members (excludes halogenated alkanes) is 13. The van der Waals surface area contributed by atoms with Gasteiger partial charge in [0.15, 0.2) is 0 Å². The molecule has 0 bridgehead atoms. The Bertz CT molecular complexity index is 1370. The summed E-state index contributed by atoms with van der Waals surface area (Å²) in [4.78, 5) is 60.6. The highest BCUT2D eigenvalue weighted by molar-refractivity contribution is 7.46. The van der Waals surface area contributed by atoms with Gasteiger partial charge >= 0.3 is 13.8 Å². The van der Waals surface area contributed by atoms with E-state index in [0.717, 1.165) is 31.2 Å². The van der Waals surface area contributed by atoms with Gasteiger partial charge in [-0.25, -0.2) is 19.8 Å². The predicted molar refractivity (Wildman–Crippen MR) is 210 cm³/mol. The molecular weight excluding hydrogens is 693 g/mol. The number of hydrazine groups is 1. The quantitative estimate of drug-likeness (QED) is 0.0264. The highest BCUT2D eigenvalue weighted by Gasteiger charge is 2.52. The lowest BCUT2D eigenvalue weighted by molar-refractivity contribution is -0.187. The zero-order valence-electron chi connectivity index (χ0n) is 32.5. The minimum absolute atomic E-state index is 0.00929. The highest BCUT2D eigenvalue weighted by atomic mass is 31.2. The van der Waals surface area contributed by atoms with Gasteiger partial charge in [0.2, 0.25) is 17.5 Å². The lowest BCUT2D eigenvalue weighted by atomic mass is 10.00. The Balaban J connectivity index is 2.11. The Morgan fingerprint density at radius 2 is 1.23 bits per heavy atom. The molecule has 298 valence electrons. The smallest absolute Gasteiger partial charge is 0.478 e. The van der Waals surface area contributed by atoms with Crippen molar-refractivity contribution in [3.63, 3.8) is 0 Å². The van der Waals surface area contributed by atoms with Gasteiger partial charge in [-0.05, 0) is 55.4 Å². The Morgan fingerprint density at radius 1 is 0.698 bits per heavy atom. The van der Waals surface area contributed by atoms with Crippen LogP contribution in [-0.4, -0.2) is 61.3 Å². The van der Waals surface area contributed by atoms with Crippen LogP contribution < -0.4 is 9.95 Å². The van der Waals surface area contributed by atoms with Crippen LogP contribution in [0.4, 0.5) is 0 Å². The topological polar surface area (TPSA) is 157 Å². The zero-order valence-corrected chi connectivity index (χ0v) is 33.4. The number of carbonyl (C=O) groups excluding carboxylic acids is 2. The third-order valence-electron chi connectivity index (χ3n) is 9.77. The second-order valence-corrected chi connectivity index (χ2v) is 15.1. The number of carbonyl (C=O) groups is 3. The van der Waals surface area contributed by atoms with Gasteiger partial charge in [-0.3, -0.25) is 19.4 Å². The summed E-state index contributed by atoms with van der Waals surface area (Å²) in [5.41, 5.74) is 3.01. The van der Waals surface area contributed by atoms with Gasteiger partial charge in [0.05, 0.1) is 0 Å². The van der Waals surface area contributed by atoms with Crippen LogP contribution in [0.3, 0.4) is 0 Å². The maximum atomic E-state index is 14.1. The number of amides is 2. The summed E-state index contributed by atoms with van der Waals surface area (Å²) in [5.74, 6) is -2.10. The molecule has 2 amide bonds. The maximum absolute atomic E-state index is 14.1. The summed E-state index contributed by atoms with van der Waals surface area (Å²) in [6, 6.07) is 15.8. The molecule has 0 saturated carbocycles. The average molecular weight is 760 g/mol. The fourth-order valence-electron chi connectivity index (χ4n) is 6.78. The van der Waals surface area contributed by atoms with Crippen LogP contribution in [0.15, 0.2) is 54.6 Å². The Kier molecular flexibility index (Phi) is 22.3. The SMILES string of the molecule is CCCCCCCCCCCCCCCCNN(C(=O)CCc1ccc(OP(=O)(O)O)cc1)C(CC)(C(=O)O)N(CCCc1ccccc1)C(=O)CC. The van der Waals surface area contributed by atoms with E-state index in [-0.39, 0.29) is 43.9 Å². The van der Waals surface area contributed by atoms with Crippen LogP contribution in [0.2, 0.25) is 0 Å². The molecule has 2 aromatic carbocycles. The van der Waals surface area contributed by atoms with Crippen molar-refractivity contribution >= 4 is 25.6 Å². The first-order valence-electron chi connectivity index (χ1n) is 20.0. The van der Waals surface area contributed by atoms with Crippen molar-refractivity contribution in [1.82, 2.24) is 15.3 Å². The molecule has 11 nitrogen and oxygen atoms in total. The van der Waals surface area contributed by atoms with Crippen LogP contribution in [0.1, 0.15) is 147 Å². The minimum Gasteiger partial charge on any atom is -0.478 e. The van der Waals surface area contributed by atoms with Gasteiger partial charge in [0.1, 0.15) is 5.75 Å². The van der Waals surface area contributed by atoms with Gasteiger partial charge in [-0.15, -0.1) is 0 Å². The van der Waals surface area contributed by atoms with Gasteiger partial charge in [-0.2, -0.15) is 0 Å². The zero-order chi connectivity index (χ0) is 39.0. The molecule has 0 aromatic heterocycles. The molecule has 1 atom stereocenters. The van der Waals surface area contributed by atoms with Crippen molar-refractivity contribution in [2.75, 3.05) is 13.1 Å². The third kappa shape index (κ3) is 17.2. The number of benzene rings is 2. The van der Waals surface area contributed by atoms with Crippen molar-refractivity contribution in [2.24, 2.45) is 0 Å². The number of phosphoric ester groups is 1. The molecule has 0 heterocycles. The fourth-order valence-corrected chi connectivity index (χ4v) is 7.17. The first kappa shape index (κ1) is 45.9. The van der Waals surface area contributed by atoms with Crippen LogP contribution in [0.5, 0.6) is 5.75 Å². The lowest BCUT2D eigenvalue weighted by Gasteiger charge is -2.47.